The standard InChI is InChI=1S/C16H24FN3O/c1-3-7-18-15-14(9-13(17)10-19-15)16(21)20(8-4-2)11-12-5-6-12/h9-10,12H,3-8,11H2,1-2H3,(H,18,19). The molecular formula is C16H24FN3O. The van der Waals surface area contributed by atoms with Gasteiger partial charge in [0.25, 0.3) is 5.91 Å². The molecule has 1 saturated carbocycles. The van der Waals surface area contributed by atoms with Crippen molar-refractivity contribution in [3.8, 4) is 0 Å². The summed E-state index contributed by atoms with van der Waals surface area (Å²) in [5.74, 6) is 0.520. The molecule has 0 aromatic carbocycles. The number of pyridine rings is 1. The molecule has 0 spiro atoms. The highest BCUT2D eigenvalue weighted by Gasteiger charge is 2.28. The van der Waals surface area contributed by atoms with Gasteiger partial charge in [-0.15, -0.1) is 0 Å². The summed E-state index contributed by atoms with van der Waals surface area (Å²) in [4.78, 5) is 18.6. The van der Waals surface area contributed by atoms with E-state index in [1.807, 2.05) is 18.7 Å². The molecule has 0 radical (unpaired) electrons. The highest BCUT2D eigenvalue weighted by atomic mass is 19.1. The molecule has 2 rings (SSSR count). The normalized spacial score (nSPS) is 14.0. The van der Waals surface area contributed by atoms with Crippen molar-refractivity contribution in [2.75, 3.05) is 25.0 Å². The number of rotatable bonds is 8. The summed E-state index contributed by atoms with van der Waals surface area (Å²) in [6.45, 7) is 6.28. The van der Waals surface area contributed by atoms with Crippen LogP contribution in [-0.2, 0) is 0 Å². The number of carbonyl (C=O) groups is 1. The summed E-state index contributed by atoms with van der Waals surface area (Å²) in [6, 6.07) is 1.29. The molecule has 1 aromatic heterocycles. The molecule has 0 aliphatic heterocycles. The summed E-state index contributed by atoms with van der Waals surface area (Å²) >= 11 is 0. The van der Waals surface area contributed by atoms with Crippen molar-refractivity contribution in [3.05, 3.63) is 23.6 Å². The van der Waals surface area contributed by atoms with Crippen LogP contribution in [0.4, 0.5) is 10.2 Å². The van der Waals surface area contributed by atoms with Crippen molar-refractivity contribution in [1.82, 2.24) is 9.88 Å². The highest BCUT2D eigenvalue weighted by Crippen LogP contribution is 2.30. The third-order valence-corrected chi connectivity index (χ3v) is 3.58. The Morgan fingerprint density at radius 1 is 1.43 bits per heavy atom. The zero-order chi connectivity index (χ0) is 15.2. The molecule has 1 aliphatic carbocycles. The zero-order valence-corrected chi connectivity index (χ0v) is 12.9. The number of amides is 1. The molecule has 4 nitrogen and oxygen atoms in total. The molecule has 0 unspecified atom stereocenters. The van der Waals surface area contributed by atoms with Crippen LogP contribution in [0.25, 0.3) is 0 Å². The Morgan fingerprint density at radius 2 is 2.19 bits per heavy atom. The van der Waals surface area contributed by atoms with Crippen LogP contribution in [0.3, 0.4) is 0 Å². The molecule has 0 bridgehead atoms. The Hall–Kier alpha value is -1.65. The Bertz CT molecular complexity index is 488. The van der Waals surface area contributed by atoms with Gasteiger partial charge in [-0.05, 0) is 37.7 Å². The van der Waals surface area contributed by atoms with Crippen molar-refractivity contribution < 1.29 is 9.18 Å². The summed E-state index contributed by atoms with van der Waals surface area (Å²) in [5.41, 5.74) is 0.345. The number of halogens is 1. The molecule has 5 heteroatoms. The Labute approximate surface area is 125 Å². The fraction of sp³-hybridized carbons (Fsp3) is 0.625. The second kappa shape index (κ2) is 7.38. The van der Waals surface area contributed by atoms with Crippen LogP contribution in [-0.4, -0.2) is 35.4 Å². The number of hydrogen-bond donors (Lipinski definition) is 1. The van der Waals surface area contributed by atoms with E-state index >= 15 is 0 Å². The SMILES string of the molecule is CCCNc1ncc(F)cc1C(=O)N(CCC)CC1CC1. The fourth-order valence-electron chi connectivity index (χ4n) is 2.31. The molecule has 1 aliphatic rings. The first-order valence-electron chi connectivity index (χ1n) is 7.84. The Kier molecular flexibility index (Phi) is 5.53. The van der Waals surface area contributed by atoms with Crippen LogP contribution in [0.2, 0.25) is 0 Å². The topological polar surface area (TPSA) is 45.2 Å². The van der Waals surface area contributed by atoms with Gasteiger partial charge in [0.15, 0.2) is 0 Å². The molecule has 1 aromatic rings. The van der Waals surface area contributed by atoms with Gasteiger partial charge in [0.1, 0.15) is 11.6 Å². The predicted octanol–water partition coefficient (Wildman–Crippen LogP) is 3.30. The lowest BCUT2D eigenvalue weighted by atomic mass is 10.2. The molecule has 1 fully saturated rings. The maximum atomic E-state index is 13.5. The van der Waals surface area contributed by atoms with Gasteiger partial charge in [-0.3, -0.25) is 4.79 Å². The van der Waals surface area contributed by atoms with Crippen molar-refractivity contribution in [1.29, 1.82) is 0 Å². The third-order valence-electron chi connectivity index (χ3n) is 3.58. The number of nitrogens with zero attached hydrogens (tertiary/aromatic N) is 2. The maximum Gasteiger partial charge on any atom is 0.257 e. The second-order valence-electron chi connectivity index (χ2n) is 5.67. The van der Waals surface area contributed by atoms with Crippen LogP contribution < -0.4 is 5.32 Å². The predicted molar refractivity (Wildman–Crippen MR) is 81.9 cm³/mol. The molecule has 1 amide bonds. The minimum absolute atomic E-state index is 0.116. The number of anilines is 1. The monoisotopic (exact) mass is 293 g/mol. The average molecular weight is 293 g/mol. The van der Waals surface area contributed by atoms with Crippen LogP contribution >= 0.6 is 0 Å². The van der Waals surface area contributed by atoms with E-state index in [0.29, 0.717) is 23.8 Å². The molecular weight excluding hydrogens is 269 g/mol. The van der Waals surface area contributed by atoms with Gasteiger partial charge >= 0.3 is 0 Å². The lowest BCUT2D eigenvalue weighted by Crippen LogP contribution is -2.34. The van der Waals surface area contributed by atoms with E-state index in [0.717, 1.165) is 32.1 Å². The Balaban J connectivity index is 2.19. The first kappa shape index (κ1) is 15.7. The van der Waals surface area contributed by atoms with Gasteiger partial charge in [0, 0.05) is 19.6 Å². The van der Waals surface area contributed by atoms with Crippen LogP contribution in [0.15, 0.2) is 12.3 Å². The van der Waals surface area contributed by atoms with Gasteiger partial charge < -0.3 is 10.2 Å². The van der Waals surface area contributed by atoms with E-state index in [1.165, 1.54) is 18.9 Å². The quantitative estimate of drug-likeness (QED) is 0.800. The lowest BCUT2D eigenvalue weighted by Gasteiger charge is -2.23. The van der Waals surface area contributed by atoms with Crippen molar-refractivity contribution in [2.45, 2.75) is 39.5 Å². The number of aromatic nitrogens is 1. The van der Waals surface area contributed by atoms with Crippen molar-refractivity contribution in [2.24, 2.45) is 5.92 Å². The Morgan fingerprint density at radius 3 is 2.81 bits per heavy atom. The van der Waals surface area contributed by atoms with E-state index in [1.54, 1.807) is 0 Å². The van der Waals surface area contributed by atoms with E-state index in [9.17, 15) is 9.18 Å². The van der Waals surface area contributed by atoms with Gasteiger partial charge in [-0.25, -0.2) is 9.37 Å². The van der Waals surface area contributed by atoms with Gasteiger partial charge in [0.2, 0.25) is 0 Å². The number of nitrogens with one attached hydrogen (secondary N) is 1. The summed E-state index contributed by atoms with van der Waals surface area (Å²) < 4.78 is 13.5. The smallest absolute Gasteiger partial charge is 0.257 e. The number of carbonyl (C=O) groups excluding carboxylic acids is 1. The highest BCUT2D eigenvalue weighted by molar-refractivity contribution is 5.98. The van der Waals surface area contributed by atoms with Gasteiger partial charge in [0.05, 0.1) is 11.8 Å². The first-order valence-corrected chi connectivity index (χ1v) is 7.84. The van der Waals surface area contributed by atoms with Crippen molar-refractivity contribution in [3.63, 3.8) is 0 Å². The van der Waals surface area contributed by atoms with Crippen LogP contribution in [0.1, 0.15) is 49.9 Å². The lowest BCUT2D eigenvalue weighted by molar-refractivity contribution is 0.0748. The van der Waals surface area contributed by atoms with Crippen LogP contribution in [0, 0.1) is 11.7 Å². The van der Waals surface area contributed by atoms with Crippen LogP contribution in [0.5, 0.6) is 0 Å². The second-order valence-corrected chi connectivity index (χ2v) is 5.67. The maximum absolute atomic E-state index is 13.5. The summed E-state index contributed by atoms with van der Waals surface area (Å²) in [5, 5.41) is 3.11. The zero-order valence-electron chi connectivity index (χ0n) is 12.9. The molecule has 1 N–H and O–H groups in total. The summed E-state index contributed by atoms with van der Waals surface area (Å²) in [7, 11) is 0. The van der Waals surface area contributed by atoms with E-state index in [2.05, 4.69) is 10.3 Å². The fourth-order valence-corrected chi connectivity index (χ4v) is 2.31. The molecule has 0 saturated heterocycles. The van der Waals surface area contributed by atoms with Crippen molar-refractivity contribution >= 4 is 11.7 Å². The molecule has 1 heterocycles. The third kappa shape index (κ3) is 4.41. The average Bonchev–Trinajstić information content (AvgIpc) is 3.29. The minimum Gasteiger partial charge on any atom is -0.369 e. The number of hydrogen-bond acceptors (Lipinski definition) is 3. The molecule has 116 valence electrons. The molecule has 21 heavy (non-hydrogen) atoms. The van der Waals surface area contributed by atoms with E-state index in [-0.39, 0.29) is 5.91 Å². The van der Waals surface area contributed by atoms with Gasteiger partial charge in [-0.2, -0.15) is 0 Å². The van der Waals surface area contributed by atoms with Gasteiger partial charge in [-0.1, -0.05) is 13.8 Å². The van der Waals surface area contributed by atoms with E-state index < -0.39 is 5.82 Å². The largest absolute Gasteiger partial charge is 0.369 e. The molecule has 0 atom stereocenters. The van der Waals surface area contributed by atoms with E-state index in [4.69, 9.17) is 0 Å². The minimum atomic E-state index is -0.469. The summed E-state index contributed by atoms with van der Waals surface area (Å²) in [6.07, 6.45) is 5.36. The first-order chi connectivity index (χ1) is 10.2.